The Morgan fingerprint density at radius 2 is 1.82 bits per heavy atom. The van der Waals surface area contributed by atoms with E-state index in [0.717, 1.165) is 26.1 Å². The van der Waals surface area contributed by atoms with Gasteiger partial charge in [0.05, 0.1) is 5.75 Å². The summed E-state index contributed by atoms with van der Waals surface area (Å²) in [6.07, 6.45) is 3.63. The second kappa shape index (κ2) is 7.75. The highest BCUT2D eigenvalue weighted by Crippen LogP contribution is 2.21. The summed E-state index contributed by atoms with van der Waals surface area (Å²) < 4.78 is 25.2. The van der Waals surface area contributed by atoms with E-state index in [0.29, 0.717) is 32.0 Å². The molecular formula is C15H29N3O3S. The molecule has 7 heteroatoms. The first-order valence-electron chi connectivity index (χ1n) is 8.47. The summed E-state index contributed by atoms with van der Waals surface area (Å²) in [4.78, 5) is 14.7. The number of nitrogens with zero attached hydrogens (tertiary/aromatic N) is 2. The molecular weight excluding hydrogens is 302 g/mol. The van der Waals surface area contributed by atoms with Crippen LogP contribution in [0.5, 0.6) is 0 Å². The molecule has 0 saturated carbocycles. The molecule has 0 aliphatic carbocycles. The normalized spacial score (nSPS) is 25.5. The van der Waals surface area contributed by atoms with Crippen molar-refractivity contribution in [3.63, 3.8) is 0 Å². The van der Waals surface area contributed by atoms with Crippen molar-refractivity contribution in [1.29, 1.82) is 0 Å². The molecule has 0 aromatic heterocycles. The molecule has 0 aromatic carbocycles. The highest BCUT2D eigenvalue weighted by Gasteiger charge is 2.31. The van der Waals surface area contributed by atoms with Crippen molar-refractivity contribution in [2.24, 2.45) is 5.92 Å². The Hall–Kier alpha value is -0.660. The number of piperidine rings is 1. The Bertz CT molecular complexity index is 472. The summed E-state index contributed by atoms with van der Waals surface area (Å²) >= 11 is 0. The summed E-state index contributed by atoms with van der Waals surface area (Å²) in [7, 11) is -3.11. The van der Waals surface area contributed by atoms with Crippen LogP contribution in [0.3, 0.4) is 0 Å². The van der Waals surface area contributed by atoms with Gasteiger partial charge in [0.25, 0.3) is 0 Å². The first-order valence-corrected chi connectivity index (χ1v) is 10.1. The van der Waals surface area contributed by atoms with Crippen molar-refractivity contribution in [3.8, 4) is 0 Å². The van der Waals surface area contributed by atoms with Crippen LogP contribution in [0.1, 0.15) is 39.5 Å². The van der Waals surface area contributed by atoms with E-state index in [1.165, 1.54) is 10.7 Å². The van der Waals surface area contributed by atoms with Crippen molar-refractivity contribution in [2.75, 3.05) is 38.5 Å². The second-order valence-electron chi connectivity index (χ2n) is 6.24. The molecule has 0 bridgehead atoms. The van der Waals surface area contributed by atoms with E-state index < -0.39 is 10.0 Å². The van der Waals surface area contributed by atoms with Gasteiger partial charge in [0.1, 0.15) is 0 Å². The number of amides is 1. The van der Waals surface area contributed by atoms with Crippen molar-refractivity contribution in [3.05, 3.63) is 0 Å². The van der Waals surface area contributed by atoms with Crippen LogP contribution >= 0.6 is 0 Å². The van der Waals surface area contributed by atoms with E-state index in [9.17, 15) is 13.2 Å². The van der Waals surface area contributed by atoms with Crippen LogP contribution in [0.2, 0.25) is 0 Å². The Morgan fingerprint density at radius 3 is 2.41 bits per heavy atom. The van der Waals surface area contributed by atoms with Crippen LogP contribution in [-0.2, 0) is 14.8 Å². The molecule has 1 N–H and O–H groups in total. The van der Waals surface area contributed by atoms with Crippen LogP contribution in [0.25, 0.3) is 0 Å². The Balaban J connectivity index is 1.76. The summed E-state index contributed by atoms with van der Waals surface area (Å²) in [5.41, 5.74) is 0. The molecule has 0 spiro atoms. The van der Waals surface area contributed by atoms with Crippen LogP contribution in [0, 0.1) is 5.92 Å². The Labute approximate surface area is 134 Å². The lowest BCUT2D eigenvalue weighted by molar-refractivity contribution is -0.126. The van der Waals surface area contributed by atoms with Crippen LogP contribution in [0.4, 0.5) is 0 Å². The number of hydrogen-bond acceptors (Lipinski definition) is 4. The van der Waals surface area contributed by atoms with E-state index in [2.05, 4.69) is 17.1 Å². The zero-order chi connectivity index (χ0) is 16.2. The largest absolute Gasteiger partial charge is 0.354 e. The van der Waals surface area contributed by atoms with Crippen molar-refractivity contribution < 1.29 is 13.2 Å². The number of likely N-dealkylation sites (N-methyl/N-ethyl adjacent to an activating group) is 1. The van der Waals surface area contributed by atoms with Gasteiger partial charge in [-0.1, -0.05) is 6.92 Å². The lowest BCUT2D eigenvalue weighted by Crippen LogP contribution is -2.46. The minimum absolute atomic E-state index is 0.0419. The standard InChI is InChI=1S/C15H29N3O3S/c1-3-17-9-5-6-14(17)12-16-15(19)13-7-10-18(11-8-13)22(20,21)4-2/h13-14H,3-12H2,1-2H3,(H,16,19)/t14-/m0/s1. The first kappa shape index (κ1) is 17.7. The minimum Gasteiger partial charge on any atom is -0.354 e. The molecule has 2 fully saturated rings. The summed E-state index contributed by atoms with van der Waals surface area (Å²) in [5.74, 6) is 0.189. The number of hydrogen-bond donors (Lipinski definition) is 1. The third-order valence-corrected chi connectivity index (χ3v) is 6.88. The number of rotatable bonds is 6. The van der Waals surface area contributed by atoms with Gasteiger partial charge < -0.3 is 5.32 Å². The van der Waals surface area contributed by atoms with Crippen molar-refractivity contribution >= 4 is 15.9 Å². The van der Waals surface area contributed by atoms with E-state index in [-0.39, 0.29) is 17.6 Å². The van der Waals surface area contributed by atoms with Crippen molar-refractivity contribution in [2.45, 2.75) is 45.6 Å². The van der Waals surface area contributed by atoms with Gasteiger partial charge in [-0.3, -0.25) is 9.69 Å². The third kappa shape index (κ3) is 4.20. The van der Waals surface area contributed by atoms with Gasteiger partial charge in [0, 0.05) is 31.6 Å². The highest BCUT2D eigenvalue weighted by atomic mass is 32.2. The topological polar surface area (TPSA) is 69.7 Å². The summed E-state index contributed by atoms with van der Waals surface area (Å²) in [5, 5.41) is 3.08. The smallest absolute Gasteiger partial charge is 0.223 e. The van der Waals surface area contributed by atoms with Gasteiger partial charge in [-0.2, -0.15) is 0 Å². The molecule has 0 unspecified atom stereocenters. The van der Waals surface area contributed by atoms with E-state index in [1.807, 2.05) is 0 Å². The predicted molar refractivity (Wildman–Crippen MR) is 87.0 cm³/mol. The van der Waals surface area contributed by atoms with Gasteiger partial charge in [0.2, 0.25) is 15.9 Å². The molecule has 2 heterocycles. The average molecular weight is 331 g/mol. The Kier molecular flexibility index (Phi) is 6.23. The molecule has 128 valence electrons. The second-order valence-corrected chi connectivity index (χ2v) is 8.50. The van der Waals surface area contributed by atoms with Crippen molar-refractivity contribution in [1.82, 2.24) is 14.5 Å². The number of carbonyl (C=O) groups is 1. The fourth-order valence-corrected chi connectivity index (χ4v) is 4.62. The number of sulfonamides is 1. The van der Waals surface area contributed by atoms with E-state index in [4.69, 9.17) is 0 Å². The maximum atomic E-state index is 12.3. The van der Waals surface area contributed by atoms with Crippen LogP contribution < -0.4 is 5.32 Å². The molecule has 2 aliphatic rings. The van der Waals surface area contributed by atoms with Crippen LogP contribution in [-0.4, -0.2) is 68.0 Å². The van der Waals surface area contributed by atoms with E-state index >= 15 is 0 Å². The molecule has 2 rings (SSSR count). The average Bonchev–Trinajstić information content (AvgIpc) is 3.00. The minimum atomic E-state index is -3.11. The summed E-state index contributed by atoms with van der Waals surface area (Å²) in [6.45, 7) is 7.65. The maximum Gasteiger partial charge on any atom is 0.223 e. The maximum absolute atomic E-state index is 12.3. The molecule has 1 amide bonds. The molecule has 22 heavy (non-hydrogen) atoms. The summed E-state index contributed by atoms with van der Waals surface area (Å²) in [6, 6.07) is 0.467. The molecule has 2 saturated heterocycles. The zero-order valence-electron chi connectivity index (χ0n) is 13.8. The van der Waals surface area contributed by atoms with Gasteiger partial charge in [-0.25, -0.2) is 12.7 Å². The molecule has 6 nitrogen and oxygen atoms in total. The zero-order valence-corrected chi connectivity index (χ0v) is 14.6. The number of carbonyl (C=O) groups excluding carboxylic acids is 1. The molecule has 2 aliphatic heterocycles. The predicted octanol–water partition coefficient (Wildman–Crippen LogP) is 0.649. The highest BCUT2D eigenvalue weighted by molar-refractivity contribution is 7.89. The van der Waals surface area contributed by atoms with Gasteiger partial charge in [0.15, 0.2) is 0 Å². The third-order valence-electron chi connectivity index (χ3n) is 5.00. The van der Waals surface area contributed by atoms with Crippen LogP contribution in [0.15, 0.2) is 0 Å². The van der Waals surface area contributed by atoms with Gasteiger partial charge in [-0.15, -0.1) is 0 Å². The fraction of sp³-hybridized carbons (Fsp3) is 0.933. The number of nitrogens with one attached hydrogen (secondary N) is 1. The Morgan fingerprint density at radius 1 is 1.14 bits per heavy atom. The van der Waals surface area contributed by atoms with E-state index in [1.54, 1.807) is 6.92 Å². The molecule has 0 radical (unpaired) electrons. The lowest BCUT2D eigenvalue weighted by Gasteiger charge is -2.31. The fourth-order valence-electron chi connectivity index (χ4n) is 3.48. The van der Waals surface area contributed by atoms with Gasteiger partial charge >= 0.3 is 0 Å². The quantitative estimate of drug-likeness (QED) is 0.776. The SMILES string of the molecule is CCN1CCC[C@H]1CNC(=O)C1CCN(S(=O)(=O)CC)CC1. The lowest BCUT2D eigenvalue weighted by atomic mass is 9.97. The molecule has 1 atom stereocenters. The van der Waals surface area contributed by atoms with Gasteiger partial charge in [-0.05, 0) is 45.7 Å². The monoisotopic (exact) mass is 331 g/mol. The first-order chi connectivity index (χ1) is 10.5. The number of likely N-dealkylation sites (tertiary alicyclic amines) is 1. The molecule has 0 aromatic rings.